The number of anilines is 1. The number of carbonyl (C=O) groups is 3. The maximum Gasteiger partial charge on any atom is 0.352 e. The zero-order valence-corrected chi connectivity index (χ0v) is 20.1. The molecule has 2 atom stereocenters. The van der Waals surface area contributed by atoms with E-state index in [1.807, 2.05) is 0 Å². The van der Waals surface area contributed by atoms with Gasteiger partial charge >= 0.3 is 17.1 Å². The van der Waals surface area contributed by atoms with Crippen LogP contribution in [0.2, 0.25) is 0 Å². The van der Waals surface area contributed by atoms with Crippen molar-refractivity contribution in [2.45, 2.75) is 16.6 Å². The van der Waals surface area contributed by atoms with Crippen LogP contribution in [0.3, 0.4) is 0 Å². The van der Waals surface area contributed by atoms with Crippen LogP contribution in [-0.2, 0) is 21.4 Å². The van der Waals surface area contributed by atoms with Gasteiger partial charge in [0.05, 0.1) is 0 Å². The molecule has 2 amide bonds. The van der Waals surface area contributed by atoms with E-state index in [0.717, 1.165) is 32.6 Å². The number of H-pyrrole nitrogens is 1. The Morgan fingerprint density at radius 1 is 1.40 bits per heavy atom. The smallest absolute Gasteiger partial charge is 0.352 e. The van der Waals surface area contributed by atoms with Crippen LogP contribution in [0, 0.1) is 0 Å². The molecule has 2 aliphatic rings. The van der Waals surface area contributed by atoms with Crippen LogP contribution >= 0.6 is 34.9 Å². The molecule has 0 saturated carbocycles. The average Bonchev–Trinajstić information content (AvgIpc) is 3.25. The molecule has 35 heavy (non-hydrogen) atoms. The maximum absolute atomic E-state index is 12.8. The zero-order valence-electron chi connectivity index (χ0n) is 17.6. The van der Waals surface area contributed by atoms with Gasteiger partial charge in [0.15, 0.2) is 16.0 Å². The fraction of sp³-hybridized carbons (Fsp3) is 0.294. The molecule has 0 radical (unpaired) electrons. The summed E-state index contributed by atoms with van der Waals surface area (Å²) in [5.74, 6) is -2.55. The molecular weight excluding hydrogens is 524 g/mol. The summed E-state index contributed by atoms with van der Waals surface area (Å²) in [7, 11) is 1.36. The van der Waals surface area contributed by atoms with Crippen molar-refractivity contribution in [2.24, 2.45) is 12.2 Å². The molecule has 18 heteroatoms. The molecule has 1 fully saturated rings. The number of nitrogens with one attached hydrogen (secondary N) is 2. The number of aliphatic carboxylic acids is 1. The van der Waals surface area contributed by atoms with Crippen LogP contribution in [0.1, 0.15) is 5.69 Å². The molecule has 0 bridgehead atoms. The van der Waals surface area contributed by atoms with E-state index < -0.39 is 46.0 Å². The largest absolute Gasteiger partial charge is 0.477 e. The van der Waals surface area contributed by atoms with Crippen LogP contribution in [-0.4, -0.2) is 81.4 Å². The normalized spacial score (nSPS) is 19.9. The van der Waals surface area contributed by atoms with E-state index in [4.69, 9.17) is 5.73 Å². The lowest BCUT2D eigenvalue weighted by molar-refractivity contribution is -0.150. The SMILES string of the molecule is Cn1c(SCC2=C(C(=O)O)N3C(=O)C(NC(=O)C(=NO)c4csc(N)n4)[C@@H]3SC2)n[nH]c(=O)c1=O. The topological polar surface area (TPSA) is 226 Å². The van der Waals surface area contributed by atoms with Gasteiger partial charge in [-0.15, -0.1) is 28.2 Å². The number of aromatic nitrogens is 4. The Morgan fingerprint density at radius 3 is 2.77 bits per heavy atom. The van der Waals surface area contributed by atoms with Crippen LogP contribution < -0.4 is 22.2 Å². The third kappa shape index (κ3) is 4.42. The number of carboxylic acids is 1. The Hall–Kier alpha value is -3.64. The first-order valence-corrected chi connectivity index (χ1v) is 12.5. The molecular formula is C17H16N8O7S3. The predicted octanol–water partition coefficient (Wildman–Crippen LogP) is -1.78. The number of hydrogen-bond acceptors (Lipinski definition) is 13. The lowest BCUT2D eigenvalue weighted by Gasteiger charge is -2.49. The van der Waals surface area contributed by atoms with E-state index in [2.05, 4.69) is 25.7 Å². The van der Waals surface area contributed by atoms with Crippen molar-refractivity contribution in [2.75, 3.05) is 17.2 Å². The molecule has 15 nitrogen and oxygen atoms in total. The number of hydrogen-bond donors (Lipinski definition) is 5. The molecule has 2 aromatic heterocycles. The zero-order chi connectivity index (χ0) is 25.4. The molecule has 2 aromatic rings. The van der Waals surface area contributed by atoms with Gasteiger partial charge in [0, 0.05) is 23.9 Å². The van der Waals surface area contributed by atoms with E-state index in [-0.39, 0.29) is 33.2 Å². The molecule has 6 N–H and O–H groups in total. The first-order valence-electron chi connectivity index (χ1n) is 9.56. The van der Waals surface area contributed by atoms with E-state index in [0.29, 0.717) is 5.57 Å². The third-order valence-corrected chi connectivity index (χ3v) is 8.16. The number of carbonyl (C=O) groups excluding carboxylic acids is 2. The Morgan fingerprint density at radius 2 is 2.14 bits per heavy atom. The van der Waals surface area contributed by atoms with E-state index in [1.54, 1.807) is 0 Å². The molecule has 1 saturated heterocycles. The van der Waals surface area contributed by atoms with Crippen LogP contribution in [0.15, 0.2) is 36.6 Å². The summed E-state index contributed by atoms with van der Waals surface area (Å²) in [5, 5.41) is 31.3. The number of fused-ring (bicyclic) bond motifs is 1. The second-order valence-electron chi connectivity index (χ2n) is 7.13. The number of aromatic amines is 1. The van der Waals surface area contributed by atoms with Crippen LogP contribution in [0.4, 0.5) is 5.13 Å². The van der Waals surface area contributed by atoms with Gasteiger partial charge in [0.1, 0.15) is 22.8 Å². The van der Waals surface area contributed by atoms with Crippen molar-refractivity contribution in [1.29, 1.82) is 0 Å². The number of nitrogens with zero attached hydrogens (tertiary/aromatic N) is 5. The fourth-order valence-electron chi connectivity index (χ4n) is 3.35. The lowest BCUT2D eigenvalue weighted by atomic mass is 10.0. The highest BCUT2D eigenvalue weighted by Crippen LogP contribution is 2.41. The minimum absolute atomic E-state index is 0.0307. The monoisotopic (exact) mass is 540 g/mol. The van der Waals surface area contributed by atoms with E-state index in [9.17, 15) is 34.3 Å². The molecule has 184 valence electrons. The lowest BCUT2D eigenvalue weighted by Crippen LogP contribution is -2.71. The van der Waals surface area contributed by atoms with Gasteiger partial charge in [-0.2, -0.15) is 0 Å². The number of nitrogens with two attached hydrogens (primary N) is 1. The third-order valence-electron chi connectivity index (χ3n) is 5.03. The molecule has 2 aliphatic heterocycles. The quantitative estimate of drug-likeness (QED) is 0.0656. The summed E-state index contributed by atoms with van der Waals surface area (Å²) in [6, 6.07) is -1.05. The van der Waals surface area contributed by atoms with E-state index >= 15 is 0 Å². The number of amides is 2. The molecule has 0 aromatic carbocycles. The Kier molecular flexibility index (Phi) is 6.68. The number of carboxylic acid groups (broad SMARTS) is 1. The van der Waals surface area contributed by atoms with Crippen molar-refractivity contribution in [3.63, 3.8) is 0 Å². The predicted molar refractivity (Wildman–Crippen MR) is 125 cm³/mol. The summed E-state index contributed by atoms with van der Waals surface area (Å²) in [6.07, 6.45) is 0. The van der Waals surface area contributed by atoms with E-state index in [1.165, 1.54) is 24.2 Å². The summed E-state index contributed by atoms with van der Waals surface area (Å²) in [5.41, 5.74) is 3.61. The molecule has 1 unspecified atom stereocenters. The second-order valence-corrected chi connectivity index (χ2v) is 10.1. The molecule has 0 aliphatic carbocycles. The molecule has 4 rings (SSSR count). The van der Waals surface area contributed by atoms with Gasteiger partial charge in [-0.1, -0.05) is 16.9 Å². The van der Waals surface area contributed by atoms with Crippen molar-refractivity contribution < 1.29 is 24.7 Å². The minimum Gasteiger partial charge on any atom is -0.477 e. The van der Waals surface area contributed by atoms with Gasteiger partial charge < -0.3 is 21.4 Å². The Labute approximate surface area is 207 Å². The van der Waals surface area contributed by atoms with Crippen LogP contribution in [0.25, 0.3) is 0 Å². The van der Waals surface area contributed by atoms with Gasteiger partial charge in [0.25, 0.3) is 11.8 Å². The minimum atomic E-state index is -1.33. The fourth-order valence-corrected chi connectivity index (χ4v) is 6.31. The standard InChI is InChI=1S/C17H16N8O7S3/c1-24-13(29)11(27)21-22-17(24)35-3-5-2-33-14-8(12(28)25(14)9(5)15(30)31)20-10(26)7(23-32)6-4-34-16(18)19-6/h4,8,14,32H,2-3H2,1H3,(H2,18,19)(H,20,26)(H,21,27)(H,30,31)/t8?,14-/m0/s1. The van der Waals surface area contributed by atoms with Crippen molar-refractivity contribution >= 4 is 63.5 Å². The van der Waals surface area contributed by atoms with Gasteiger partial charge in [0.2, 0.25) is 0 Å². The molecule has 0 spiro atoms. The van der Waals surface area contributed by atoms with Crippen molar-refractivity contribution in [3.8, 4) is 0 Å². The van der Waals surface area contributed by atoms with Crippen LogP contribution in [0.5, 0.6) is 0 Å². The highest BCUT2D eigenvalue weighted by atomic mass is 32.2. The number of β-lactam (4-membered cyclic amide) rings is 1. The van der Waals surface area contributed by atoms with Crippen molar-refractivity contribution in [1.82, 2.24) is 30.0 Å². The summed E-state index contributed by atoms with van der Waals surface area (Å²) in [4.78, 5) is 65.5. The first kappa shape index (κ1) is 24.5. The number of nitrogen functional groups attached to an aromatic ring is 1. The summed E-state index contributed by atoms with van der Waals surface area (Å²) < 4.78 is 1.04. The first-order chi connectivity index (χ1) is 16.6. The number of oxime groups is 1. The highest BCUT2D eigenvalue weighted by Gasteiger charge is 2.54. The number of thioether (sulfide) groups is 2. The summed E-state index contributed by atoms with van der Waals surface area (Å²) in [6.45, 7) is 0. The Balaban J connectivity index is 1.50. The average molecular weight is 541 g/mol. The number of thiazole rings is 1. The van der Waals surface area contributed by atoms with Gasteiger partial charge in [-0.3, -0.25) is 28.6 Å². The van der Waals surface area contributed by atoms with Crippen molar-refractivity contribution in [3.05, 3.63) is 43.1 Å². The maximum atomic E-state index is 12.8. The van der Waals surface area contributed by atoms with Gasteiger partial charge in [-0.05, 0) is 5.57 Å². The second kappa shape index (κ2) is 9.55. The molecule has 4 heterocycles. The number of rotatable bonds is 7. The summed E-state index contributed by atoms with van der Waals surface area (Å²) >= 11 is 3.29. The van der Waals surface area contributed by atoms with Gasteiger partial charge in [-0.25, -0.2) is 14.9 Å². The Bertz CT molecular complexity index is 1410. The highest BCUT2D eigenvalue weighted by molar-refractivity contribution is 8.01.